The first-order valence-corrected chi connectivity index (χ1v) is 8.29. The minimum absolute atomic E-state index is 0.421. The van der Waals surface area contributed by atoms with Gasteiger partial charge in [-0.05, 0) is 17.7 Å². The molecular formula is C19H22N6. The summed E-state index contributed by atoms with van der Waals surface area (Å²) in [6, 6.07) is 16.2. The molecular weight excluding hydrogens is 312 g/mol. The highest BCUT2D eigenvalue weighted by Gasteiger charge is 2.03. The van der Waals surface area contributed by atoms with E-state index in [4.69, 9.17) is 5.73 Å². The van der Waals surface area contributed by atoms with E-state index in [9.17, 15) is 0 Å². The summed E-state index contributed by atoms with van der Waals surface area (Å²) in [5.74, 6) is 1.31. The molecule has 0 amide bonds. The lowest BCUT2D eigenvalue weighted by Gasteiger charge is -2.08. The Bertz CT molecular complexity index is 795. The number of hydrogen-bond acceptors (Lipinski definition) is 3. The molecule has 0 saturated carbocycles. The summed E-state index contributed by atoms with van der Waals surface area (Å²) in [7, 11) is 0. The summed E-state index contributed by atoms with van der Waals surface area (Å²) < 4.78 is 2.08. The molecule has 1 aromatic carbocycles. The van der Waals surface area contributed by atoms with Crippen molar-refractivity contribution in [2.45, 2.75) is 19.5 Å². The van der Waals surface area contributed by atoms with Crippen LogP contribution >= 0.6 is 0 Å². The van der Waals surface area contributed by atoms with Crippen molar-refractivity contribution in [3.8, 4) is 0 Å². The Morgan fingerprint density at radius 2 is 1.88 bits per heavy atom. The second kappa shape index (κ2) is 8.63. The standard InChI is InChI=1S/C19H22N6/c20-19(23-11-9-17-8-4-5-10-21-17)24-14-18-22-12-13-25(18)15-16-6-2-1-3-7-16/h1-8,10,12-13H,9,11,14-15H2,(H3,20,23,24). The smallest absolute Gasteiger partial charge is 0.189 e. The maximum atomic E-state index is 5.94. The fourth-order valence-corrected chi connectivity index (χ4v) is 2.49. The summed E-state index contributed by atoms with van der Waals surface area (Å²) in [6.07, 6.45) is 6.35. The van der Waals surface area contributed by atoms with Crippen molar-refractivity contribution >= 4 is 5.96 Å². The third kappa shape index (κ3) is 5.17. The molecule has 3 N–H and O–H groups in total. The van der Waals surface area contributed by atoms with E-state index in [0.29, 0.717) is 19.0 Å². The van der Waals surface area contributed by atoms with Crippen molar-refractivity contribution in [3.63, 3.8) is 0 Å². The Morgan fingerprint density at radius 1 is 1.04 bits per heavy atom. The number of benzene rings is 1. The Hall–Kier alpha value is -3.15. The normalized spacial score (nSPS) is 11.4. The van der Waals surface area contributed by atoms with Crippen LogP contribution in [-0.2, 0) is 19.5 Å². The molecule has 0 bridgehead atoms. The molecule has 2 heterocycles. The van der Waals surface area contributed by atoms with E-state index in [1.165, 1.54) is 5.56 Å². The quantitative estimate of drug-likeness (QED) is 0.511. The molecule has 0 spiro atoms. The van der Waals surface area contributed by atoms with E-state index < -0.39 is 0 Å². The highest BCUT2D eigenvalue weighted by Crippen LogP contribution is 2.06. The van der Waals surface area contributed by atoms with Gasteiger partial charge in [-0.1, -0.05) is 36.4 Å². The van der Waals surface area contributed by atoms with Crippen molar-refractivity contribution in [2.75, 3.05) is 6.54 Å². The zero-order valence-electron chi connectivity index (χ0n) is 14.0. The van der Waals surface area contributed by atoms with Crippen LogP contribution in [0.5, 0.6) is 0 Å². The molecule has 3 aromatic rings. The molecule has 0 unspecified atom stereocenters. The van der Waals surface area contributed by atoms with Crippen LogP contribution in [0, 0.1) is 0 Å². The Morgan fingerprint density at radius 3 is 2.68 bits per heavy atom. The number of rotatable bonds is 7. The van der Waals surface area contributed by atoms with Gasteiger partial charge < -0.3 is 15.6 Å². The summed E-state index contributed by atoms with van der Waals surface area (Å²) >= 11 is 0. The second-order valence-electron chi connectivity index (χ2n) is 5.66. The van der Waals surface area contributed by atoms with Crippen LogP contribution in [0.2, 0.25) is 0 Å². The van der Waals surface area contributed by atoms with Crippen LogP contribution in [0.25, 0.3) is 0 Å². The average molecular weight is 334 g/mol. The summed E-state index contributed by atoms with van der Waals surface area (Å²) in [5.41, 5.74) is 8.20. The number of pyridine rings is 1. The van der Waals surface area contributed by atoms with E-state index in [0.717, 1.165) is 24.5 Å². The number of hydrogen-bond donors (Lipinski definition) is 2. The molecule has 0 aliphatic heterocycles. The lowest BCUT2D eigenvalue weighted by molar-refractivity contribution is 0.721. The van der Waals surface area contributed by atoms with Crippen LogP contribution in [0.15, 0.2) is 72.1 Å². The molecule has 3 rings (SSSR count). The molecule has 25 heavy (non-hydrogen) atoms. The predicted molar refractivity (Wildman–Crippen MR) is 99.0 cm³/mol. The molecule has 0 aliphatic rings. The van der Waals surface area contributed by atoms with Crippen LogP contribution in [0.4, 0.5) is 0 Å². The van der Waals surface area contributed by atoms with Gasteiger partial charge in [0.1, 0.15) is 12.4 Å². The molecule has 0 aliphatic carbocycles. The maximum Gasteiger partial charge on any atom is 0.189 e. The monoisotopic (exact) mass is 334 g/mol. The Kier molecular flexibility index (Phi) is 5.77. The molecule has 0 fully saturated rings. The van der Waals surface area contributed by atoms with Gasteiger partial charge in [0.2, 0.25) is 0 Å². The number of imidazole rings is 1. The summed E-state index contributed by atoms with van der Waals surface area (Å²) in [4.78, 5) is 13.0. The molecule has 2 aromatic heterocycles. The van der Waals surface area contributed by atoms with Crippen LogP contribution in [0.3, 0.4) is 0 Å². The minimum Gasteiger partial charge on any atom is -0.370 e. The second-order valence-corrected chi connectivity index (χ2v) is 5.66. The molecule has 6 heteroatoms. The van der Waals surface area contributed by atoms with Gasteiger partial charge in [-0.3, -0.25) is 4.98 Å². The van der Waals surface area contributed by atoms with Crippen LogP contribution in [-0.4, -0.2) is 27.0 Å². The summed E-state index contributed by atoms with van der Waals surface area (Å²) in [5, 5.41) is 3.11. The van der Waals surface area contributed by atoms with E-state index in [1.807, 2.05) is 42.6 Å². The van der Waals surface area contributed by atoms with Gasteiger partial charge in [0.25, 0.3) is 0 Å². The topological polar surface area (TPSA) is 81.1 Å². The molecule has 0 radical (unpaired) electrons. The zero-order chi connectivity index (χ0) is 17.3. The lowest BCUT2D eigenvalue weighted by atomic mass is 10.2. The predicted octanol–water partition coefficient (Wildman–Crippen LogP) is 1.97. The minimum atomic E-state index is 0.421. The highest BCUT2D eigenvalue weighted by molar-refractivity contribution is 5.77. The van der Waals surface area contributed by atoms with Crippen molar-refractivity contribution in [3.05, 3.63) is 84.2 Å². The van der Waals surface area contributed by atoms with E-state index in [-0.39, 0.29) is 0 Å². The van der Waals surface area contributed by atoms with E-state index in [2.05, 4.69) is 37.0 Å². The number of nitrogens with zero attached hydrogens (tertiary/aromatic N) is 4. The van der Waals surface area contributed by atoms with Crippen molar-refractivity contribution in [1.82, 2.24) is 19.9 Å². The zero-order valence-corrected chi connectivity index (χ0v) is 14.0. The fourth-order valence-electron chi connectivity index (χ4n) is 2.49. The van der Waals surface area contributed by atoms with Gasteiger partial charge in [-0.25, -0.2) is 9.98 Å². The van der Waals surface area contributed by atoms with Gasteiger partial charge in [-0.15, -0.1) is 0 Å². The van der Waals surface area contributed by atoms with Gasteiger partial charge in [0.05, 0.1) is 0 Å². The number of nitrogens with two attached hydrogens (primary N) is 1. The van der Waals surface area contributed by atoms with Gasteiger partial charge in [0, 0.05) is 43.8 Å². The fraction of sp³-hybridized carbons (Fsp3) is 0.211. The molecule has 128 valence electrons. The van der Waals surface area contributed by atoms with Gasteiger partial charge >= 0.3 is 0 Å². The Labute approximate surface area is 147 Å². The van der Waals surface area contributed by atoms with Crippen molar-refractivity contribution in [1.29, 1.82) is 0 Å². The van der Waals surface area contributed by atoms with Crippen LogP contribution < -0.4 is 11.1 Å². The summed E-state index contributed by atoms with van der Waals surface area (Å²) in [6.45, 7) is 1.92. The molecule has 0 saturated heterocycles. The number of guanidine groups is 1. The SMILES string of the molecule is NC(=NCc1nccn1Cc1ccccc1)NCCc1ccccn1. The van der Waals surface area contributed by atoms with E-state index in [1.54, 1.807) is 12.4 Å². The number of aromatic nitrogens is 3. The van der Waals surface area contributed by atoms with Crippen LogP contribution in [0.1, 0.15) is 17.1 Å². The average Bonchev–Trinajstić information content (AvgIpc) is 3.09. The third-order valence-electron chi connectivity index (χ3n) is 3.80. The first kappa shape index (κ1) is 16.7. The van der Waals surface area contributed by atoms with Gasteiger partial charge in [-0.2, -0.15) is 0 Å². The van der Waals surface area contributed by atoms with E-state index >= 15 is 0 Å². The highest BCUT2D eigenvalue weighted by atomic mass is 15.1. The first-order valence-electron chi connectivity index (χ1n) is 8.29. The largest absolute Gasteiger partial charge is 0.370 e. The molecule has 0 atom stereocenters. The first-order chi connectivity index (χ1) is 12.3. The van der Waals surface area contributed by atoms with Gasteiger partial charge in [0.15, 0.2) is 5.96 Å². The Balaban J connectivity index is 1.50. The van der Waals surface area contributed by atoms with Crippen molar-refractivity contribution in [2.24, 2.45) is 10.7 Å². The number of nitrogens with one attached hydrogen (secondary N) is 1. The third-order valence-corrected chi connectivity index (χ3v) is 3.80. The number of aliphatic imine (C=N–C) groups is 1. The van der Waals surface area contributed by atoms with Crippen molar-refractivity contribution < 1.29 is 0 Å². The molecule has 6 nitrogen and oxygen atoms in total. The lowest BCUT2D eigenvalue weighted by Crippen LogP contribution is -2.33. The maximum absolute atomic E-state index is 5.94.